The third-order valence-electron chi connectivity index (χ3n) is 3.42. The first-order valence-corrected chi connectivity index (χ1v) is 8.17. The van der Waals surface area contributed by atoms with Crippen LogP contribution in [-0.2, 0) is 0 Å². The summed E-state index contributed by atoms with van der Waals surface area (Å²) in [5.41, 5.74) is 0.964. The number of aromatic nitrogens is 2. The number of halogens is 1. The Balaban J connectivity index is 2.26. The maximum atomic E-state index is 5.53. The first kappa shape index (κ1) is 14.6. The van der Waals surface area contributed by atoms with Gasteiger partial charge in [0.25, 0.3) is 0 Å². The summed E-state index contributed by atoms with van der Waals surface area (Å²) in [6.45, 7) is 5.64. The van der Waals surface area contributed by atoms with Crippen LogP contribution in [0.2, 0.25) is 0 Å². The number of hydrogen-bond acceptors (Lipinski definition) is 4. The van der Waals surface area contributed by atoms with Gasteiger partial charge in [0, 0.05) is 29.7 Å². The number of rotatable bonds is 4. The summed E-state index contributed by atoms with van der Waals surface area (Å²) in [4.78, 5) is 11.5. The highest BCUT2D eigenvalue weighted by Gasteiger charge is 2.23. The van der Waals surface area contributed by atoms with Crippen LogP contribution in [-0.4, -0.2) is 34.5 Å². The average molecular weight is 328 g/mol. The summed E-state index contributed by atoms with van der Waals surface area (Å²) >= 11 is 3.62. The van der Waals surface area contributed by atoms with Gasteiger partial charge < -0.3 is 9.64 Å². The zero-order valence-corrected chi connectivity index (χ0v) is 13.3. The lowest BCUT2D eigenvalue weighted by atomic mass is 10.1. The van der Waals surface area contributed by atoms with Crippen LogP contribution in [0.4, 0.5) is 5.95 Å². The molecule has 0 radical (unpaired) electrons. The number of nitrogens with zero attached hydrogens (tertiary/aromatic N) is 3. The van der Waals surface area contributed by atoms with E-state index in [4.69, 9.17) is 4.74 Å². The normalized spacial score (nSPS) is 20.2. The fourth-order valence-electron chi connectivity index (χ4n) is 2.48. The van der Waals surface area contributed by atoms with Gasteiger partial charge in [0.05, 0.1) is 6.61 Å². The highest BCUT2D eigenvalue weighted by atomic mass is 79.9. The Kier molecular flexibility index (Phi) is 5.43. The van der Waals surface area contributed by atoms with E-state index in [-0.39, 0.29) is 0 Å². The van der Waals surface area contributed by atoms with Gasteiger partial charge in [-0.3, -0.25) is 0 Å². The van der Waals surface area contributed by atoms with E-state index in [1.54, 1.807) is 0 Å². The van der Waals surface area contributed by atoms with Crippen LogP contribution in [0.5, 0.6) is 5.88 Å². The first-order chi connectivity index (χ1) is 9.24. The van der Waals surface area contributed by atoms with Crippen LogP contribution in [0.15, 0.2) is 6.07 Å². The van der Waals surface area contributed by atoms with Crippen molar-refractivity contribution < 1.29 is 4.74 Å². The third-order valence-corrected chi connectivity index (χ3v) is 4.17. The molecule has 1 atom stereocenters. The quantitative estimate of drug-likeness (QED) is 0.795. The summed E-state index contributed by atoms with van der Waals surface area (Å²) in [6, 6.07) is 2.38. The summed E-state index contributed by atoms with van der Waals surface area (Å²) in [5, 5.41) is 0.967. The second-order valence-corrected chi connectivity index (χ2v) is 5.58. The second kappa shape index (κ2) is 7.08. The molecule has 0 N–H and O–H groups in total. The molecule has 2 heterocycles. The van der Waals surface area contributed by atoms with E-state index >= 15 is 0 Å². The summed E-state index contributed by atoms with van der Waals surface area (Å²) in [5.74, 6) is 1.50. The predicted octanol–water partition coefficient (Wildman–Crippen LogP) is 3.33. The molecule has 1 unspecified atom stereocenters. The van der Waals surface area contributed by atoms with E-state index in [9.17, 15) is 0 Å². The Morgan fingerprint density at radius 1 is 1.37 bits per heavy atom. The molecule has 5 heteroatoms. The number of alkyl halides is 1. The Labute approximate surface area is 123 Å². The van der Waals surface area contributed by atoms with Crippen LogP contribution in [0.3, 0.4) is 0 Å². The standard InChI is InChI=1S/C14H22BrN3O/c1-3-19-13-9-11(2)16-14(17-13)18-8-6-4-5-7-12(18)10-15/h9,12H,3-8,10H2,1-2H3. The molecule has 1 aromatic rings. The van der Waals surface area contributed by atoms with Crippen LogP contribution in [0, 0.1) is 6.92 Å². The molecule has 1 aliphatic heterocycles. The molecule has 0 aliphatic carbocycles. The molecule has 0 bridgehead atoms. The van der Waals surface area contributed by atoms with Gasteiger partial charge >= 0.3 is 0 Å². The summed E-state index contributed by atoms with van der Waals surface area (Å²) < 4.78 is 5.53. The molecule has 2 rings (SSSR count). The zero-order valence-electron chi connectivity index (χ0n) is 11.7. The Bertz CT molecular complexity index is 414. The number of anilines is 1. The van der Waals surface area contributed by atoms with E-state index in [0.717, 1.165) is 23.5 Å². The number of aryl methyl sites for hydroxylation is 1. The molecule has 0 amide bonds. The minimum Gasteiger partial charge on any atom is -0.478 e. The minimum absolute atomic E-state index is 0.485. The topological polar surface area (TPSA) is 38.2 Å². The molecular weight excluding hydrogens is 306 g/mol. The highest BCUT2D eigenvalue weighted by Crippen LogP contribution is 2.24. The molecule has 1 saturated heterocycles. The van der Waals surface area contributed by atoms with Crippen molar-refractivity contribution in [2.24, 2.45) is 0 Å². The van der Waals surface area contributed by atoms with Crippen molar-refractivity contribution in [3.8, 4) is 5.88 Å². The van der Waals surface area contributed by atoms with Crippen molar-refractivity contribution in [2.45, 2.75) is 45.6 Å². The minimum atomic E-state index is 0.485. The molecule has 106 valence electrons. The number of ether oxygens (including phenoxy) is 1. The maximum absolute atomic E-state index is 5.53. The maximum Gasteiger partial charge on any atom is 0.229 e. The molecule has 0 aromatic carbocycles. The van der Waals surface area contributed by atoms with Crippen molar-refractivity contribution in [1.29, 1.82) is 0 Å². The zero-order chi connectivity index (χ0) is 13.7. The molecule has 1 aliphatic rings. The smallest absolute Gasteiger partial charge is 0.229 e. The largest absolute Gasteiger partial charge is 0.478 e. The van der Waals surface area contributed by atoms with Gasteiger partial charge in [-0.15, -0.1) is 0 Å². The van der Waals surface area contributed by atoms with Gasteiger partial charge in [-0.05, 0) is 26.7 Å². The summed E-state index contributed by atoms with van der Waals surface area (Å²) in [7, 11) is 0. The van der Waals surface area contributed by atoms with E-state index < -0.39 is 0 Å². The van der Waals surface area contributed by atoms with Crippen LogP contribution in [0.1, 0.15) is 38.3 Å². The van der Waals surface area contributed by atoms with Crippen LogP contribution < -0.4 is 9.64 Å². The van der Waals surface area contributed by atoms with Crippen LogP contribution >= 0.6 is 15.9 Å². The van der Waals surface area contributed by atoms with Gasteiger partial charge in [-0.2, -0.15) is 4.98 Å². The lowest BCUT2D eigenvalue weighted by molar-refractivity contribution is 0.325. The highest BCUT2D eigenvalue weighted by molar-refractivity contribution is 9.09. The molecule has 0 spiro atoms. The van der Waals surface area contributed by atoms with E-state index in [1.807, 2.05) is 19.9 Å². The molecule has 4 nitrogen and oxygen atoms in total. The molecule has 1 aromatic heterocycles. The first-order valence-electron chi connectivity index (χ1n) is 7.05. The van der Waals surface area contributed by atoms with Crippen LogP contribution in [0.25, 0.3) is 0 Å². The van der Waals surface area contributed by atoms with Gasteiger partial charge in [0.15, 0.2) is 0 Å². The van der Waals surface area contributed by atoms with Gasteiger partial charge in [0.1, 0.15) is 0 Å². The predicted molar refractivity (Wildman–Crippen MR) is 81.3 cm³/mol. The van der Waals surface area contributed by atoms with E-state index in [2.05, 4.69) is 30.8 Å². The van der Waals surface area contributed by atoms with E-state index in [1.165, 1.54) is 25.7 Å². The Morgan fingerprint density at radius 2 is 2.21 bits per heavy atom. The molecule has 19 heavy (non-hydrogen) atoms. The SMILES string of the molecule is CCOc1cc(C)nc(N2CCCCCC2CBr)n1. The van der Waals surface area contributed by atoms with E-state index in [0.29, 0.717) is 18.5 Å². The Morgan fingerprint density at radius 3 is 2.95 bits per heavy atom. The fourth-order valence-corrected chi connectivity index (χ4v) is 3.15. The summed E-state index contributed by atoms with van der Waals surface area (Å²) in [6.07, 6.45) is 5.00. The second-order valence-electron chi connectivity index (χ2n) is 4.93. The lowest BCUT2D eigenvalue weighted by Crippen LogP contribution is -2.37. The van der Waals surface area contributed by atoms with Gasteiger partial charge in [0.2, 0.25) is 11.8 Å². The van der Waals surface area contributed by atoms with Crippen molar-refractivity contribution >= 4 is 21.9 Å². The van der Waals surface area contributed by atoms with Gasteiger partial charge in [-0.25, -0.2) is 4.98 Å². The van der Waals surface area contributed by atoms with Crippen molar-refractivity contribution in [1.82, 2.24) is 9.97 Å². The number of hydrogen-bond donors (Lipinski definition) is 0. The lowest BCUT2D eigenvalue weighted by Gasteiger charge is -2.29. The average Bonchev–Trinajstić information content (AvgIpc) is 2.63. The molecular formula is C14H22BrN3O. The third kappa shape index (κ3) is 3.81. The van der Waals surface area contributed by atoms with Crippen molar-refractivity contribution in [2.75, 3.05) is 23.4 Å². The van der Waals surface area contributed by atoms with Crippen molar-refractivity contribution in [3.05, 3.63) is 11.8 Å². The van der Waals surface area contributed by atoms with Gasteiger partial charge in [-0.1, -0.05) is 28.8 Å². The molecule has 0 saturated carbocycles. The fraction of sp³-hybridized carbons (Fsp3) is 0.714. The van der Waals surface area contributed by atoms with Crippen molar-refractivity contribution in [3.63, 3.8) is 0 Å². The Hall–Kier alpha value is -0.840. The monoisotopic (exact) mass is 327 g/mol. The molecule has 1 fully saturated rings.